The zero-order valence-corrected chi connectivity index (χ0v) is 11.1. The van der Waals surface area contributed by atoms with Gasteiger partial charge in [-0.1, -0.05) is 0 Å². The van der Waals surface area contributed by atoms with Gasteiger partial charge in [-0.05, 0) is 26.4 Å². The molecule has 102 valence electrons. The SMILES string of the molecule is COCCOCCCN(C)CC1(O)CCNC1. The predicted molar refractivity (Wildman–Crippen MR) is 67.2 cm³/mol. The van der Waals surface area contributed by atoms with Gasteiger partial charge in [-0.15, -0.1) is 0 Å². The van der Waals surface area contributed by atoms with E-state index in [1.54, 1.807) is 7.11 Å². The molecule has 0 saturated carbocycles. The highest BCUT2D eigenvalue weighted by Crippen LogP contribution is 2.15. The van der Waals surface area contributed by atoms with E-state index in [1.165, 1.54) is 0 Å². The fourth-order valence-electron chi connectivity index (χ4n) is 2.13. The lowest BCUT2D eigenvalue weighted by Gasteiger charge is -2.27. The van der Waals surface area contributed by atoms with Gasteiger partial charge in [0.2, 0.25) is 0 Å². The van der Waals surface area contributed by atoms with Crippen LogP contribution in [0.2, 0.25) is 0 Å². The highest BCUT2D eigenvalue weighted by atomic mass is 16.5. The topological polar surface area (TPSA) is 54.0 Å². The van der Waals surface area contributed by atoms with Crippen molar-refractivity contribution < 1.29 is 14.6 Å². The van der Waals surface area contributed by atoms with Crippen LogP contribution in [0.3, 0.4) is 0 Å². The zero-order valence-electron chi connectivity index (χ0n) is 11.1. The molecular weight excluding hydrogens is 220 g/mol. The van der Waals surface area contributed by atoms with Crippen LogP contribution in [0.25, 0.3) is 0 Å². The summed E-state index contributed by atoms with van der Waals surface area (Å²) in [5.74, 6) is 0. The van der Waals surface area contributed by atoms with Crippen molar-refractivity contribution in [3.05, 3.63) is 0 Å². The van der Waals surface area contributed by atoms with Crippen LogP contribution < -0.4 is 5.32 Å². The van der Waals surface area contributed by atoms with Gasteiger partial charge < -0.3 is 24.8 Å². The second-order valence-corrected chi connectivity index (χ2v) is 4.85. The minimum absolute atomic E-state index is 0.536. The van der Waals surface area contributed by atoms with Gasteiger partial charge in [-0.2, -0.15) is 0 Å². The normalized spacial score (nSPS) is 24.7. The van der Waals surface area contributed by atoms with Crippen molar-refractivity contribution in [2.45, 2.75) is 18.4 Å². The standard InChI is InChI=1S/C12H26N2O3/c1-14(6-3-7-17-9-8-16-2)11-12(15)4-5-13-10-12/h13,15H,3-11H2,1-2H3. The Hall–Kier alpha value is -0.200. The number of β-amino-alcohol motifs (C(OH)–C–C–N with tert-alkyl or cyclic N) is 1. The first-order valence-electron chi connectivity index (χ1n) is 6.35. The van der Waals surface area contributed by atoms with Crippen molar-refractivity contribution >= 4 is 0 Å². The van der Waals surface area contributed by atoms with E-state index in [1.807, 2.05) is 7.05 Å². The van der Waals surface area contributed by atoms with E-state index >= 15 is 0 Å². The molecule has 0 spiro atoms. The van der Waals surface area contributed by atoms with Gasteiger partial charge >= 0.3 is 0 Å². The molecule has 1 aliphatic heterocycles. The molecule has 2 N–H and O–H groups in total. The Balaban J connectivity index is 1.99. The minimum Gasteiger partial charge on any atom is -0.387 e. The molecule has 0 bridgehead atoms. The van der Waals surface area contributed by atoms with Crippen molar-refractivity contribution in [2.75, 3.05) is 60.2 Å². The van der Waals surface area contributed by atoms with E-state index in [-0.39, 0.29) is 0 Å². The largest absolute Gasteiger partial charge is 0.387 e. The number of rotatable bonds is 9. The van der Waals surface area contributed by atoms with Crippen LogP contribution in [-0.2, 0) is 9.47 Å². The predicted octanol–water partition coefficient (Wildman–Crippen LogP) is -0.304. The summed E-state index contributed by atoms with van der Waals surface area (Å²) in [6.07, 6.45) is 1.84. The number of nitrogens with zero attached hydrogens (tertiary/aromatic N) is 1. The molecule has 1 fully saturated rings. The fourth-order valence-corrected chi connectivity index (χ4v) is 2.13. The molecule has 5 nitrogen and oxygen atoms in total. The van der Waals surface area contributed by atoms with Crippen molar-refractivity contribution in [1.29, 1.82) is 0 Å². The zero-order chi connectivity index (χ0) is 12.6. The Morgan fingerprint density at radius 3 is 2.82 bits per heavy atom. The van der Waals surface area contributed by atoms with E-state index in [0.29, 0.717) is 19.8 Å². The fraction of sp³-hybridized carbons (Fsp3) is 1.00. The monoisotopic (exact) mass is 246 g/mol. The highest BCUT2D eigenvalue weighted by molar-refractivity contribution is 4.89. The Kier molecular flexibility index (Phi) is 6.99. The van der Waals surface area contributed by atoms with Gasteiger partial charge in [0.1, 0.15) is 0 Å². The highest BCUT2D eigenvalue weighted by Gasteiger charge is 2.31. The molecule has 0 aromatic heterocycles. The Bertz CT molecular complexity index is 196. The third-order valence-electron chi connectivity index (χ3n) is 3.05. The summed E-state index contributed by atoms with van der Waals surface area (Å²) in [6.45, 7) is 5.39. The average molecular weight is 246 g/mol. The molecule has 0 radical (unpaired) electrons. The Morgan fingerprint density at radius 1 is 1.35 bits per heavy atom. The smallest absolute Gasteiger partial charge is 0.0909 e. The van der Waals surface area contributed by atoms with Gasteiger partial charge in [0.05, 0.1) is 18.8 Å². The lowest BCUT2D eigenvalue weighted by molar-refractivity contribution is 0.0234. The average Bonchev–Trinajstić information content (AvgIpc) is 2.70. The molecule has 1 unspecified atom stereocenters. The molecule has 1 saturated heterocycles. The summed E-state index contributed by atoms with van der Waals surface area (Å²) >= 11 is 0. The summed E-state index contributed by atoms with van der Waals surface area (Å²) in [5, 5.41) is 13.4. The van der Waals surface area contributed by atoms with Gasteiger partial charge in [0.25, 0.3) is 0 Å². The van der Waals surface area contributed by atoms with Crippen LogP contribution >= 0.6 is 0 Å². The first kappa shape index (κ1) is 14.9. The Morgan fingerprint density at radius 2 is 2.18 bits per heavy atom. The van der Waals surface area contributed by atoms with Gasteiger partial charge in [0, 0.05) is 33.4 Å². The Labute approximate surface area is 104 Å². The first-order valence-corrected chi connectivity index (χ1v) is 6.35. The van der Waals surface area contributed by atoms with E-state index in [4.69, 9.17) is 9.47 Å². The number of ether oxygens (including phenoxy) is 2. The molecule has 0 amide bonds. The van der Waals surface area contributed by atoms with E-state index in [2.05, 4.69) is 10.2 Å². The van der Waals surface area contributed by atoms with Crippen LogP contribution in [-0.4, -0.2) is 75.8 Å². The van der Waals surface area contributed by atoms with E-state index < -0.39 is 5.60 Å². The second kappa shape index (κ2) is 8.00. The maximum Gasteiger partial charge on any atom is 0.0909 e. The molecule has 1 atom stereocenters. The molecule has 1 aliphatic rings. The number of methoxy groups -OCH3 is 1. The lowest BCUT2D eigenvalue weighted by atomic mass is 10.0. The van der Waals surface area contributed by atoms with Gasteiger partial charge in [-0.3, -0.25) is 0 Å². The lowest BCUT2D eigenvalue weighted by Crippen LogP contribution is -2.43. The second-order valence-electron chi connectivity index (χ2n) is 4.85. The third kappa shape index (κ3) is 6.33. The molecule has 0 aliphatic carbocycles. The molecule has 17 heavy (non-hydrogen) atoms. The quantitative estimate of drug-likeness (QED) is 0.547. The summed E-state index contributed by atoms with van der Waals surface area (Å²) in [6, 6.07) is 0. The van der Waals surface area contributed by atoms with Gasteiger partial charge in [0.15, 0.2) is 0 Å². The molecule has 5 heteroatoms. The molecule has 1 heterocycles. The minimum atomic E-state index is -0.536. The molecule has 1 rings (SSSR count). The van der Waals surface area contributed by atoms with Crippen molar-refractivity contribution in [3.8, 4) is 0 Å². The van der Waals surface area contributed by atoms with Crippen LogP contribution in [0.5, 0.6) is 0 Å². The van der Waals surface area contributed by atoms with Crippen LogP contribution in [0.1, 0.15) is 12.8 Å². The van der Waals surface area contributed by atoms with Crippen molar-refractivity contribution in [1.82, 2.24) is 10.2 Å². The number of likely N-dealkylation sites (N-methyl/N-ethyl adjacent to an activating group) is 1. The van der Waals surface area contributed by atoms with E-state index in [9.17, 15) is 5.11 Å². The van der Waals surface area contributed by atoms with Crippen LogP contribution in [0, 0.1) is 0 Å². The van der Waals surface area contributed by atoms with Crippen molar-refractivity contribution in [3.63, 3.8) is 0 Å². The summed E-state index contributed by atoms with van der Waals surface area (Å²) in [7, 11) is 3.72. The maximum atomic E-state index is 10.2. The summed E-state index contributed by atoms with van der Waals surface area (Å²) in [4.78, 5) is 2.17. The van der Waals surface area contributed by atoms with Crippen molar-refractivity contribution in [2.24, 2.45) is 0 Å². The van der Waals surface area contributed by atoms with Gasteiger partial charge in [-0.25, -0.2) is 0 Å². The number of aliphatic hydroxyl groups is 1. The number of nitrogens with one attached hydrogen (secondary N) is 1. The molecular formula is C12H26N2O3. The maximum absolute atomic E-state index is 10.2. The number of hydrogen-bond donors (Lipinski definition) is 2. The summed E-state index contributed by atoms with van der Waals surface area (Å²) < 4.78 is 10.3. The van der Waals surface area contributed by atoms with E-state index in [0.717, 1.165) is 39.1 Å². The molecule has 0 aromatic rings. The summed E-state index contributed by atoms with van der Waals surface area (Å²) in [5.41, 5.74) is -0.536. The number of hydrogen-bond acceptors (Lipinski definition) is 5. The van der Waals surface area contributed by atoms with Crippen LogP contribution in [0.4, 0.5) is 0 Å². The van der Waals surface area contributed by atoms with Crippen LogP contribution in [0.15, 0.2) is 0 Å². The first-order chi connectivity index (χ1) is 8.16. The third-order valence-corrected chi connectivity index (χ3v) is 3.05. The molecule has 0 aromatic carbocycles.